The molecule has 20 rings (SSSR count). The van der Waals surface area contributed by atoms with Crippen molar-refractivity contribution in [2.75, 3.05) is 0 Å². The van der Waals surface area contributed by atoms with Crippen LogP contribution in [0.5, 0.6) is 0 Å². The molecule has 0 radical (unpaired) electrons. The molecule has 0 aliphatic heterocycles. The summed E-state index contributed by atoms with van der Waals surface area (Å²) in [6.45, 7) is 11.1. The highest BCUT2D eigenvalue weighted by Gasteiger charge is 2.50. The first-order valence-electron chi connectivity index (χ1n) is 42.9. The fraction of sp³-hybridized carbons (Fsp3) is 0.466. The fourth-order valence-corrected chi connectivity index (χ4v) is 23.9. The zero-order valence-electron chi connectivity index (χ0n) is 67.9. The van der Waals surface area contributed by atoms with Gasteiger partial charge in [0.2, 0.25) is 28.5 Å². The van der Waals surface area contributed by atoms with E-state index in [1.54, 1.807) is 56.0 Å². The van der Waals surface area contributed by atoms with E-state index in [2.05, 4.69) is 275 Å². The van der Waals surface area contributed by atoms with Crippen LogP contribution < -0.4 is 22.8 Å². The third kappa shape index (κ3) is 14.0. The maximum Gasteiger partial charge on any atom is 0.216 e. The van der Waals surface area contributed by atoms with Gasteiger partial charge in [0, 0.05) is 110 Å². The molecule has 5 aromatic heterocycles. The molecule has 10 aromatic rings. The Morgan fingerprint density at radius 2 is 0.648 bits per heavy atom. The summed E-state index contributed by atoms with van der Waals surface area (Å²) in [6, 6.07) is 63.0. The van der Waals surface area contributed by atoms with Crippen molar-refractivity contribution in [3.05, 3.63) is 266 Å². The van der Waals surface area contributed by atoms with E-state index in [1.807, 2.05) is 0 Å². The molecule has 108 heavy (non-hydrogen) atoms. The molecule has 0 saturated heterocycles. The summed E-state index contributed by atoms with van der Waals surface area (Å²) >= 11 is 0. The lowest BCUT2D eigenvalue weighted by Gasteiger charge is -2.33. The molecule has 5 heterocycles. The molecule has 0 unspecified atom stereocenters. The Morgan fingerprint density at radius 3 is 1.19 bits per heavy atom. The summed E-state index contributed by atoms with van der Waals surface area (Å²) in [7, 11) is 11.2. The Morgan fingerprint density at radius 1 is 0.269 bits per heavy atom. The van der Waals surface area contributed by atoms with Crippen molar-refractivity contribution in [2.45, 2.75) is 263 Å². The number of aromatic nitrogens is 5. The predicted molar refractivity (Wildman–Crippen MR) is 445 cm³/mol. The van der Waals surface area contributed by atoms with Gasteiger partial charge in [0.25, 0.3) is 0 Å². The highest BCUT2D eigenvalue weighted by atomic mass is 15.0. The number of hydrogen-bond donors (Lipinski definition) is 0. The number of aryl methyl sites for hydroxylation is 9. The van der Waals surface area contributed by atoms with Crippen molar-refractivity contribution in [3.63, 3.8) is 0 Å². The van der Waals surface area contributed by atoms with Gasteiger partial charge < -0.3 is 0 Å². The molecular formula is C103H126N5+5. The number of nitrogens with zero attached hydrogens (tertiary/aromatic N) is 5. The normalized spacial score (nSPS) is 19.3. The van der Waals surface area contributed by atoms with E-state index >= 15 is 0 Å². The van der Waals surface area contributed by atoms with Crippen molar-refractivity contribution in [2.24, 2.45) is 46.1 Å². The first-order valence-corrected chi connectivity index (χ1v) is 42.9. The van der Waals surface area contributed by atoms with Gasteiger partial charge in [-0.25, -0.2) is 9.13 Å². The van der Waals surface area contributed by atoms with E-state index in [0.29, 0.717) is 27.1 Å². The number of benzene rings is 5. The van der Waals surface area contributed by atoms with Crippen LogP contribution in [0.1, 0.15) is 251 Å². The van der Waals surface area contributed by atoms with Crippen LogP contribution in [-0.4, -0.2) is 0 Å². The molecule has 0 bridgehead atoms. The molecule has 5 fully saturated rings. The Hall–Kier alpha value is -8.15. The number of rotatable bonds is 5. The van der Waals surface area contributed by atoms with Gasteiger partial charge in [-0.2, -0.15) is 13.7 Å². The van der Waals surface area contributed by atoms with Gasteiger partial charge >= 0.3 is 0 Å². The minimum absolute atomic E-state index is 0.473. The summed E-state index contributed by atoms with van der Waals surface area (Å²) in [4.78, 5) is 0. The third-order valence-electron chi connectivity index (χ3n) is 29.7. The molecule has 5 aromatic carbocycles. The molecule has 5 nitrogen and oxygen atoms in total. The van der Waals surface area contributed by atoms with E-state index in [9.17, 15) is 0 Å². The zero-order chi connectivity index (χ0) is 74.4. The van der Waals surface area contributed by atoms with Crippen LogP contribution >= 0.6 is 0 Å². The van der Waals surface area contributed by atoms with Gasteiger partial charge in [0.15, 0.2) is 29.5 Å². The molecule has 0 amide bonds. The first-order chi connectivity index (χ1) is 52.5. The lowest BCUT2D eigenvalue weighted by Crippen LogP contribution is -2.44. The molecular weight excluding hydrogens is 1310 g/mol. The quantitative estimate of drug-likeness (QED) is 0.153. The lowest BCUT2D eigenvalue weighted by molar-refractivity contribution is -0.672. The van der Waals surface area contributed by atoms with Crippen LogP contribution in [0.15, 0.2) is 182 Å². The van der Waals surface area contributed by atoms with Crippen LogP contribution in [0.3, 0.4) is 0 Å². The van der Waals surface area contributed by atoms with Crippen LogP contribution in [0.2, 0.25) is 0 Å². The van der Waals surface area contributed by atoms with Crippen LogP contribution in [0.25, 0.3) is 56.3 Å². The fourth-order valence-electron chi connectivity index (χ4n) is 23.9. The lowest BCUT2D eigenvalue weighted by atomic mass is 9.70. The molecule has 10 aliphatic rings. The molecule has 558 valence electrons. The van der Waals surface area contributed by atoms with E-state index in [1.165, 1.54) is 296 Å². The molecule has 5 heteroatoms. The first kappa shape index (κ1) is 74.0. The Labute approximate surface area is 650 Å². The van der Waals surface area contributed by atoms with E-state index in [4.69, 9.17) is 0 Å². The minimum atomic E-state index is 0.473. The average Bonchev–Trinajstić information content (AvgIpc) is 1.62. The molecule has 10 aliphatic carbocycles. The minimum Gasteiger partial charge on any atom is -0.201 e. The Balaban J connectivity index is 0.000000103. The maximum absolute atomic E-state index is 2.52. The number of pyridine rings is 5. The van der Waals surface area contributed by atoms with Crippen molar-refractivity contribution >= 4 is 0 Å². The van der Waals surface area contributed by atoms with Gasteiger partial charge in [-0.1, -0.05) is 174 Å². The van der Waals surface area contributed by atoms with Gasteiger partial charge in [-0.05, 0) is 248 Å². The summed E-state index contributed by atoms with van der Waals surface area (Å²) in [5.74, 6) is 0. The van der Waals surface area contributed by atoms with Crippen molar-refractivity contribution in [1.82, 2.24) is 0 Å². The predicted octanol–water partition coefficient (Wildman–Crippen LogP) is 22.2. The van der Waals surface area contributed by atoms with Gasteiger partial charge in [-0.3, -0.25) is 0 Å². The second-order valence-electron chi connectivity index (χ2n) is 36.2. The van der Waals surface area contributed by atoms with Gasteiger partial charge in [0.05, 0.1) is 5.41 Å². The summed E-state index contributed by atoms with van der Waals surface area (Å²) < 4.78 is 12.2. The van der Waals surface area contributed by atoms with Crippen LogP contribution in [-0.2, 0) is 96.4 Å². The maximum atomic E-state index is 2.52. The topological polar surface area (TPSA) is 19.4 Å². The van der Waals surface area contributed by atoms with E-state index in [0.717, 1.165) is 0 Å². The largest absolute Gasteiger partial charge is 0.216 e. The summed E-state index contributed by atoms with van der Waals surface area (Å²) in [6.07, 6.45) is 50.2. The zero-order valence-corrected chi connectivity index (χ0v) is 67.9. The molecule has 0 atom stereocenters. The third-order valence-corrected chi connectivity index (χ3v) is 29.7. The number of hydrogen-bond acceptors (Lipinski definition) is 0. The molecule has 5 saturated carbocycles. The highest BCUT2D eigenvalue weighted by Crippen LogP contribution is 2.55. The van der Waals surface area contributed by atoms with E-state index < -0.39 is 0 Å². The van der Waals surface area contributed by atoms with Crippen LogP contribution in [0, 0.1) is 45.4 Å². The summed E-state index contributed by atoms with van der Waals surface area (Å²) in [5.41, 5.74) is 39.7. The molecule has 5 spiro atoms. The number of fused-ring (bicyclic) bond motifs is 8. The Kier molecular flexibility index (Phi) is 21.2. The second kappa shape index (κ2) is 31.0. The summed E-state index contributed by atoms with van der Waals surface area (Å²) in [5, 5.41) is 0. The monoisotopic (exact) mass is 1430 g/mol. The highest BCUT2D eigenvalue weighted by molar-refractivity contribution is 5.70. The van der Waals surface area contributed by atoms with Crippen molar-refractivity contribution in [3.8, 4) is 56.3 Å². The molecule has 0 N–H and O–H groups in total. The SMILES string of the molecule is Cc1ccccc1-c1c2c(cc[n+]1C)CC1(CCCC1)C2.Cc1ccccc1-c1c2c(cc[n+]1C)CCC21CCCC1.Cc1ccccc1-c1ccc2c([n+]1C)C1(CCCCC1)CC2.Cc1ccccc1-c1ccc2c([n+]1C)CC1(CCCCC1)C2.Cc1ccccc1-c1ccc2c([n+]1C)CCC21CCCCC1. The van der Waals surface area contributed by atoms with Crippen molar-refractivity contribution < 1.29 is 22.8 Å². The standard InChI is InChI=1S/3C21H26N.2C20H24N/c1-16-8-4-5-9-18(16)19-11-10-17-12-15-21(20(17)22(19)2)13-6-3-7-14-21;1-16-8-4-5-9-17(16)19-11-10-18-20(22(19)2)12-15-21(18)13-6-3-7-14-21;1-16-8-4-5-9-18(16)19-11-10-17-14-21(12-6-3-7-13-21)15-20(17)22(19)2;1-15-7-3-4-8-17(15)19-18-16(10-14-21(19)2)9-13-20(18)11-5-6-12-20;1-15-7-3-4-8-17(15)19-18-14-20(10-5-6-11-20)13-16(18)9-12-21(19)2/h3*4-5,8-11H,3,6-7,12-15H2,1-2H3;3-4,7-8,10,14H,5-6,9,11-13H2,1-2H3;3-4,7-9,12H,5-6,10-11,13-14H2,1-2H3/q5*+1. The Bertz CT molecular complexity index is 4950. The average molecular weight is 1430 g/mol. The van der Waals surface area contributed by atoms with Gasteiger partial charge in [0.1, 0.15) is 35.2 Å². The second-order valence-corrected chi connectivity index (χ2v) is 36.2. The smallest absolute Gasteiger partial charge is 0.201 e. The van der Waals surface area contributed by atoms with Gasteiger partial charge in [-0.15, -0.1) is 0 Å². The van der Waals surface area contributed by atoms with Crippen molar-refractivity contribution in [1.29, 1.82) is 0 Å². The van der Waals surface area contributed by atoms with E-state index in [-0.39, 0.29) is 0 Å². The van der Waals surface area contributed by atoms with Crippen LogP contribution in [0.4, 0.5) is 0 Å².